The van der Waals surface area contributed by atoms with Crippen LogP contribution in [0.5, 0.6) is 0 Å². The van der Waals surface area contributed by atoms with Gasteiger partial charge in [0.2, 0.25) is 0 Å². The van der Waals surface area contributed by atoms with Crippen molar-refractivity contribution in [1.82, 2.24) is 14.5 Å². The highest BCUT2D eigenvalue weighted by Gasteiger charge is 2.51. The van der Waals surface area contributed by atoms with Crippen molar-refractivity contribution in [3.63, 3.8) is 0 Å². The van der Waals surface area contributed by atoms with Crippen LogP contribution < -0.4 is 0 Å². The largest absolute Gasteiger partial charge is 0.309 e. The molecular formula is C61H37N3. The summed E-state index contributed by atoms with van der Waals surface area (Å²) in [4.78, 5) is 10.9. The van der Waals surface area contributed by atoms with Crippen LogP contribution in [0.15, 0.2) is 224 Å². The van der Waals surface area contributed by atoms with E-state index in [2.05, 4.69) is 229 Å². The van der Waals surface area contributed by atoms with Crippen molar-refractivity contribution < 1.29 is 0 Å². The summed E-state index contributed by atoms with van der Waals surface area (Å²) < 4.78 is 2.45. The van der Waals surface area contributed by atoms with Crippen LogP contribution in [0, 0.1) is 0 Å². The molecule has 2 aliphatic carbocycles. The molecule has 1 spiro atoms. The van der Waals surface area contributed by atoms with E-state index < -0.39 is 5.41 Å². The SMILES string of the molecule is c1ccc(-c2cc(-c3ccc(-n4c5ccccc5c5cc6ccccc6cc54)c4ccccc34)nc(-c3ccc4c(c3)C3(c5ccccc5-c5ccccc53)c3ccccc3-4)n2)cc1. The van der Waals surface area contributed by atoms with Gasteiger partial charge in [0.05, 0.1) is 33.5 Å². The van der Waals surface area contributed by atoms with Crippen LogP contribution in [0.3, 0.4) is 0 Å². The van der Waals surface area contributed by atoms with E-state index in [1.165, 1.54) is 77.1 Å². The van der Waals surface area contributed by atoms with Crippen LogP contribution in [0.1, 0.15) is 22.3 Å². The lowest BCUT2D eigenvalue weighted by molar-refractivity contribution is 0.794. The van der Waals surface area contributed by atoms with Gasteiger partial charge in [-0.1, -0.05) is 188 Å². The Kier molecular flexibility index (Phi) is 7.32. The number of aromatic nitrogens is 3. The Morgan fingerprint density at radius 1 is 0.312 bits per heavy atom. The van der Waals surface area contributed by atoms with E-state index in [9.17, 15) is 0 Å². The lowest BCUT2D eigenvalue weighted by Gasteiger charge is -2.30. The molecule has 0 unspecified atom stereocenters. The highest BCUT2D eigenvalue weighted by atomic mass is 15.0. The number of fused-ring (bicyclic) bond motifs is 15. The number of rotatable bonds is 4. The molecule has 0 bridgehead atoms. The van der Waals surface area contributed by atoms with Crippen LogP contribution in [0.4, 0.5) is 0 Å². The molecule has 296 valence electrons. The monoisotopic (exact) mass is 811 g/mol. The average Bonchev–Trinajstić information content (AvgIpc) is 3.96. The molecule has 0 N–H and O–H groups in total. The number of hydrogen-bond acceptors (Lipinski definition) is 2. The molecule has 0 saturated heterocycles. The van der Waals surface area contributed by atoms with Crippen molar-refractivity contribution in [3.05, 3.63) is 247 Å². The molecule has 0 amide bonds. The Balaban J connectivity index is 0.996. The van der Waals surface area contributed by atoms with E-state index in [0.29, 0.717) is 5.82 Å². The third kappa shape index (κ3) is 4.81. The molecular weight excluding hydrogens is 775 g/mol. The van der Waals surface area contributed by atoms with Gasteiger partial charge in [0.25, 0.3) is 0 Å². The van der Waals surface area contributed by atoms with E-state index >= 15 is 0 Å². The second-order valence-electron chi connectivity index (χ2n) is 17.2. The third-order valence-corrected chi connectivity index (χ3v) is 14.0. The lowest BCUT2D eigenvalue weighted by Crippen LogP contribution is -2.25. The first-order valence-corrected chi connectivity index (χ1v) is 22.1. The van der Waals surface area contributed by atoms with Crippen molar-refractivity contribution in [2.45, 2.75) is 5.41 Å². The molecule has 0 radical (unpaired) electrons. The standard InChI is InChI=1S/C61H37N3/c1-2-16-38(17-3-1)55-37-56(47-32-33-58(48-24-7-6-20-42(47)48)64-57-29-15-11-25-49(57)50-34-39-18-4-5-19-40(39)36-59(50)64)63-60(62-55)41-30-31-46-45-23-10-14-28-53(45)61(54(46)35-41)51-26-12-8-21-43(51)44-22-9-13-27-52(44)61/h1-37H. The van der Waals surface area contributed by atoms with E-state index in [-0.39, 0.29) is 0 Å². The van der Waals surface area contributed by atoms with Crippen molar-refractivity contribution >= 4 is 43.4 Å². The number of nitrogens with zero attached hydrogens (tertiary/aromatic N) is 3. The van der Waals surface area contributed by atoms with E-state index in [4.69, 9.17) is 9.97 Å². The minimum Gasteiger partial charge on any atom is -0.309 e. The van der Waals surface area contributed by atoms with Crippen LogP contribution >= 0.6 is 0 Å². The molecule has 2 aromatic heterocycles. The zero-order valence-corrected chi connectivity index (χ0v) is 34.7. The molecule has 2 heterocycles. The minimum atomic E-state index is -0.458. The molecule has 0 fully saturated rings. The molecule has 3 heteroatoms. The summed E-state index contributed by atoms with van der Waals surface area (Å²) >= 11 is 0. The first kappa shape index (κ1) is 35.2. The van der Waals surface area contributed by atoms with Gasteiger partial charge in [0.1, 0.15) is 0 Å². The topological polar surface area (TPSA) is 30.7 Å². The summed E-state index contributed by atoms with van der Waals surface area (Å²) in [5, 5.41) is 7.26. The van der Waals surface area contributed by atoms with Gasteiger partial charge in [-0.15, -0.1) is 0 Å². The zero-order chi connectivity index (χ0) is 41.9. The Morgan fingerprint density at radius 2 is 0.859 bits per heavy atom. The number of hydrogen-bond donors (Lipinski definition) is 0. The summed E-state index contributed by atoms with van der Waals surface area (Å²) in [6, 6.07) is 82.0. The number of benzene rings is 10. The maximum atomic E-state index is 5.54. The highest BCUT2D eigenvalue weighted by molar-refractivity contribution is 6.15. The molecule has 0 atom stereocenters. The van der Waals surface area contributed by atoms with Gasteiger partial charge < -0.3 is 4.57 Å². The summed E-state index contributed by atoms with van der Waals surface area (Å²) in [6.07, 6.45) is 0. The maximum Gasteiger partial charge on any atom is 0.160 e. The molecule has 10 aromatic carbocycles. The Labute approximate surface area is 370 Å². The van der Waals surface area contributed by atoms with Crippen molar-refractivity contribution in [3.8, 4) is 61.8 Å². The lowest BCUT2D eigenvalue weighted by atomic mass is 9.70. The molecule has 64 heavy (non-hydrogen) atoms. The summed E-state index contributed by atoms with van der Waals surface area (Å²) in [5.41, 5.74) is 18.3. The molecule has 0 saturated carbocycles. The third-order valence-electron chi connectivity index (χ3n) is 14.0. The van der Waals surface area contributed by atoms with Gasteiger partial charge in [-0.05, 0) is 97.1 Å². The van der Waals surface area contributed by atoms with Gasteiger partial charge in [-0.2, -0.15) is 0 Å². The minimum absolute atomic E-state index is 0.458. The summed E-state index contributed by atoms with van der Waals surface area (Å²) in [7, 11) is 0. The predicted molar refractivity (Wildman–Crippen MR) is 264 cm³/mol. The molecule has 14 rings (SSSR count). The van der Waals surface area contributed by atoms with E-state index in [0.717, 1.165) is 44.5 Å². The first-order valence-electron chi connectivity index (χ1n) is 22.1. The normalized spacial score (nSPS) is 13.1. The Morgan fingerprint density at radius 3 is 1.58 bits per heavy atom. The maximum absolute atomic E-state index is 5.54. The summed E-state index contributed by atoms with van der Waals surface area (Å²) in [5.74, 6) is 0.701. The second kappa shape index (κ2) is 13.3. The second-order valence-corrected chi connectivity index (χ2v) is 17.2. The van der Waals surface area contributed by atoms with Gasteiger partial charge in [-0.3, -0.25) is 0 Å². The van der Waals surface area contributed by atoms with Crippen molar-refractivity contribution in [1.29, 1.82) is 0 Å². The van der Waals surface area contributed by atoms with Crippen LogP contribution in [-0.4, -0.2) is 14.5 Å². The van der Waals surface area contributed by atoms with E-state index in [1.807, 2.05) is 0 Å². The fourth-order valence-corrected chi connectivity index (χ4v) is 11.3. The van der Waals surface area contributed by atoms with Gasteiger partial charge in [0.15, 0.2) is 5.82 Å². The van der Waals surface area contributed by atoms with Gasteiger partial charge in [0, 0.05) is 32.8 Å². The Bertz CT molecular complexity index is 3850. The molecule has 2 aliphatic rings. The summed E-state index contributed by atoms with van der Waals surface area (Å²) in [6.45, 7) is 0. The highest BCUT2D eigenvalue weighted by Crippen LogP contribution is 2.63. The van der Waals surface area contributed by atoms with Crippen molar-refractivity contribution in [2.24, 2.45) is 0 Å². The fraction of sp³-hybridized carbons (Fsp3) is 0.0164. The van der Waals surface area contributed by atoms with Gasteiger partial charge >= 0.3 is 0 Å². The van der Waals surface area contributed by atoms with Crippen LogP contribution in [-0.2, 0) is 5.41 Å². The fourth-order valence-electron chi connectivity index (χ4n) is 11.3. The average molecular weight is 812 g/mol. The number of para-hydroxylation sites is 1. The quantitative estimate of drug-likeness (QED) is 0.177. The predicted octanol–water partition coefficient (Wildman–Crippen LogP) is 15.2. The van der Waals surface area contributed by atoms with Crippen LogP contribution in [0.25, 0.3) is 105 Å². The Hall–Kier alpha value is -8.40. The van der Waals surface area contributed by atoms with Gasteiger partial charge in [-0.25, -0.2) is 9.97 Å². The first-order chi connectivity index (χ1) is 31.7. The van der Waals surface area contributed by atoms with E-state index in [1.54, 1.807) is 0 Å². The van der Waals surface area contributed by atoms with Crippen LogP contribution in [0.2, 0.25) is 0 Å². The zero-order valence-electron chi connectivity index (χ0n) is 34.7. The van der Waals surface area contributed by atoms with Crippen molar-refractivity contribution in [2.75, 3.05) is 0 Å². The molecule has 0 aliphatic heterocycles. The molecule has 3 nitrogen and oxygen atoms in total. The molecule has 12 aromatic rings. The smallest absolute Gasteiger partial charge is 0.160 e.